The molecule has 2 N–H and O–H groups in total. The lowest BCUT2D eigenvalue weighted by Gasteiger charge is -2.05. The smallest absolute Gasteiger partial charge is 0.216 e. The number of aromatic amines is 1. The van der Waals surface area contributed by atoms with Crippen LogP contribution in [0.2, 0.25) is 0 Å². The SMILES string of the molecule is O=S(=O)(Cc1ccc(F)cc1)NCc1ncn[nH]1. The first kappa shape index (κ1) is 12.7. The molecule has 0 amide bonds. The van der Waals surface area contributed by atoms with Crippen molar-refractivity contribution in [2.45, 2.75) is 12.3 Å². The van der Waals surface area contributed by atoms with Gasteiger partial charge in [-0.05, 0) is 17.7 Å². The summed E-state index contributed by atoms with van der Waals surface area (Å²) in [6.07, 6.45) is 1.30. The van der Waals surface area contributed by atoms with E-state index in [4.69, 9.17) is 0 Å². The molecule has 0 saturated heterocycles. The zero-order valence-electron chi connectivity index (χ0n) is 9.30. The molecule has 0 aliphatic heterocycles. The molecule has 1 heterocycles. The quantitative estimate of drug-likeness (QED) is 0.831. The van der Waals surface area contributed by atoms with Crippen LogP contribution in [-0.2, 0) is 22.3 Å². The molecule has 0 aliphatic rings. The van der Waals surface area contributed by atoms with Gasteiger partial charge < -0.3 is 0 Å². The van der Waals surface area contributed by atoms with Gasteiger partial charge in [0.2, 0.25) is 10.0 Å². The summed E-state index contributed by atoms with van der Waals surface area (Å²) in [6.45, 7) is 0.0452. The lowest BCUT2D eigenvalue weighted by atomic mass is 10.2. The average molecular weight is 270 g/mol. The van der Waals surface area contributed by atoms with Crippen molar-refractivity contribution in [3.63, 3.8) is 0 Å². The fourth-order valence-corrected chi connectivity index (χ4v) is 2.44. The third-order valence-electron chi connectivity index (χ3n) is 2.19. The molecule has 6 nitrogen and oxygen atoms in total. The highest BCUT2D eigenvalue weighted by Crippen LogP contribution is 2.06. The minimum atomic E-state index is -3.48. The van der Waals surface area contributed by atoms with Crippen LogP contribution in [0.1, 0.15) is 11.4 Å². The predicted octanol–water partition coefficient (Wildman–Crippen LogP) is 0.563. The van der Waals surface area contributed by atoms with Crippen molar-refractivity contribution in [2.75, 3.05) is 0 Å². The van der Waals surface area contributed by atoms with Crippen molar-refractivity contribution in [3.05, 3.63) is 47.8 Å². The van der Waals surface area contributed by atoms with Crippen LogP contribution in [0.15, 0.2) is 30.6 Å². The maximum Gasteiger partial charge on any atom is 0.216 e. The van der Waals surface area contributed by atoms with Crippen LogP contribution in [0, 0.1) is 5.82 Å². The average Bonchev–Trinajstić information content (AvgIpc) is 2.83. The number of nitrogens with zero attached hydrogens (tertiary/aromatic N) is 2. The minimum absolute atomic E-state index is 0.0452. The highest BCUT2D eigenvalue weighted by molar-refractivity contribution is 7.88. The molecule has 18 heavy (non-hydrogen) atoms. The van der Waals surface area contributed by atoms with E-state index in [9.17, 15) is 12.8 Å². The fraction of sp³-hybridized carbons (Fsp3) is 0.200. The monoisotopic (exact) mass is 270 g/mol. The molecule has 1 aromatic heterocycles. The van der Waals surface area contributed by atoms with Crippen molar-refractivity contribution in [1.29, 1.82) is 0 Å². The highest BCUT2D eigenvalue weighted by atomic mass is 32.2. The van der Waals surface area contributed by atoms with E-state index in [1.807, 2.05) is 0 Å². The first-order chi connectivity index (χ1) is 8.55. The van der Waals surface area contributed by atoms with E-state index in [2.05, 4.69) is 19.9 Å². The summed E-state index contributed by atoms with van der Waals surface area (Å²) in [5.74, 6) is -0.176. The predicted molar refractivity (Wildman–Crippen MR) is 62.2 cm³/mol. The molecule has 0 spiro atoms. The van der Waals surface area contributed by atoms with Crippen molar-refractivity contribution >= 4 is 10.0 Å². The second-order valence-electron chi connectivity index (χ2n) is 3.64. The highest BCUT2D eigenvalue weighted by Gasteiger charge is 2.12. The molecule has 0 fully saturated rings. The van der Waals surface area contributed by atoms with E-state index in [1.165, 1.54) is 30.6 Å². The standard InChI is InChI=1S/C10H11FN4O2S/c11-9-3-1-8(2-4-9)6-18(16,17)14-5-10-12-7-13-15-10/h1-4,7,14H,5-6H2,(H,12,13,15). The van der Waals surface area contributed by atoms with Gasteiger partial charge in [-0.25, -0.2) is 22.5 Å². The van der Waals surface area contributed by atoms with Gasteiger partial charge in [0.05, 0.1) is 12.3 Å². The molecule has 1 aromatic carbocycles. The number of hydrogen-bond donors (Lipinski definition) is 2. The maximum absolute atomic E-state index is 12.7. The van der Waals surface area contributed by atoms with Gasteiger partial charge in [-0.3, -0.25) is 5.10 Å². The Bertz CT molecular complexity index is 595. The zero-order chi connectivity index (χ0) is 13.0. The first-order valence-corrected chi connectivity index (χ1v) is 6.76. The van der Waals surface area contributed by atoms with E-state index in [0.29, 0.717) is 11.4 Å². The van der Waals surface area contributed by atoms with Gasteiger partial charge in [-0.1, -0.05) is 12.1 Å². The second kappa shape index (κ2) is 5.23. The van der Waals surface area contributed by atoms with E-state index in [1.54, 1.807) is 0 Å². The molecule has 0 unspecified atom stereocenters. The zero-order valence-corrected chi connectivity index (χ0v) is 10.1. The number of rotatable bonds is 5. The van der Waals surface area contributed by atoms with Gasteiger partial charge >= 0.3 is 0 Å². The van der Waals surface area contributed by atoms with E-state index < -0.39 is 15.8 Å². The Labute approximate surface area is 103 Å². The van der Waals surface area contributed by atoms with Gasteiger partial charge in [0.25, 0.3) is 0 Å². The number of halogens is 1. The van der Waals surface area contributed by atoms with Gasteiger partial charge in [-0.15, -0.1) is 0 Å². The van der Waals surface area contributed by atoms with Crippen molar-refractivity contribution in [1.82, 2.24) is 19.9 Å². The summed E-state index contributed by atoms with van der Waals surface area (Å²) in [4.78, 5) is 3.79. The van der Waals surface area contributed by atoms with Crippen LogP contribution in [0.3, 0.4) is 0 Å². The molecule has 0 saturated carbocycles. The lowest BCUT2D eigenvalue weighted by molar-refractivity contribution is 0.578. The molecule has 0 atom stereocenters. The number of benzene rings is 1. The van der Waals surface area contributed by atoms with Crippen LogP contribution in [-0.4, -0.2) is 23.6 Å². The Balaban J connectivity index is 1.97. The van der Waals surface area contributed by atoms with Crippen molar-refractivity contribution in [3.8, 4) is 0 Å². The molecule has 0 radical (unpaired) electrons. The van der Waals surface area contributed by atoms with Crippen LogP contribution in [0.25, 0.3) is 0 Å². The number of sulfonamides is 1. The van der Waals surface area contributed by atoms with Crippen LogP contribution in [0.4, 0.5) is 4.39 Å². The summed E-state index contributed by atoms with van der Waals surface area (Å²) in [7, 11) is -3.48. The Morgan fingerprint density at radius 1 is 1.28 bits per heavy atom. The summed E-state index contributed by atoms with van der Waals surface area (Å²) in [5, 5.41) is 6.15. The number of aromatic nitrogens is 3. The van der Waals surface area contributed by atoms with Crippen LogP contribution < -0.4 is 4.72 Å². The van der Waals surface area contributed by atoms with E-state index in [0.717, 1.165) is 0 Å². The maximum atomic E-state index is 12.7. The van der Waals surface area contributed by atoms with Gasteiger partial charge in [0.1, 0.15) is 18.0 Å². The second-order valence-corrected chi connectivity index (χ2v) is 5.45. The molecular formula is C10H11FN4O2S. The van der Waals surface area contributed by atoms with E-state index >= 15 is 0 Å². The molecule has 0 bridgehead atoms. The summed E-state index contributed by atoms with van der Waals surface area (Å²) < 4.78 is 38.5. The number of H-pyrrole nitrogens is 1. The lowest BCUT2D eigenvalue weighted by Crippen LogP contribution is -2.25. The number of nitrogens with one attached hydrogen (secondary N) is 2. The first-order valence-electron chi connectivity index (χ1n) is 5.11. The summed E-state index contributed by atoms with van der Waals surface area (Å²) in [6, 6.07) is 5.31. The summed E-state index contributed by atoms with van der Waals surface area (Å²) >= 11 is 0. The van der Waals surface area contributed by atoms with E-state index in [-0.39, 0.29) is 12.3 Å². The van der Waals surface area contributed by atoms with Crippen LogP contribution in [0.5, 0.6) is 0 Å². The van der Waals surface area contributed by atoms with Crippen molar-refractivity contribution in [2.24, 2.45) is 0 Å². The third-order valence-corrected chi connectivity index (χ3v) is 3.49. The molecule has 8 heteroatoms. The van der Waals surface area contributed by atoms with Crippen LogP contribution >= 0.6 is 0 Å². The van der Waals surface area contributed by atoms with Gasteiger partial charge in [0, 0.05) is 0 Å². The Morgan fingerprint density at radius 3 is 2.61 bits per heavy atom. The molecule has 96 valence electrons. The molecule has 2 aromatic rings. The topological polar surface area (TPSA) is 87.7 Å². The third kappa shape index (κ3) is 3.60. The Morgan fingerprint density at radius 2 is 2.00 bits per heavy atom. The molecule has 0 aliphatic carbocycles. The minimum Gasteiger partial charge on any atom is -0.262 e. The molecule has 2 rings (SSSR count). The largest absolute Gasteiger partial charge is 0.262 e. The van der Waals surface area contributed by atoms with Crippen molar-refractivity contribution < 1.29 is 12.8 Å². The number of hydrogen-bond acceptors (Lipinski definition) is 4. The van der Waals surface area contributed by atoms with Gasteiger partial charge in [0.15, 0.2) is 0 Å². The Hall–Kier alpha value is -1.80. The summed E-state index contributed by atoms with van der Waals surface area (Å²) in [5.41, 5.74) is 0.515. The fourth-order valence-electron chi connectivity index (χ4n) is 1.35. The Kier molecular flexibility index (Phi) is 3.68. The van der Waals surface area contributed by atoms with Gasteiger partial charge in [-0.2, -0.15) is 5.10 Å². The molecular weight excluding hydrogens is 259 g/mol. The normalized spacial score (nSPS) is 11.6.